The summed E-state index contributed by atoms with van der Waals surface area (Å²) in [6, 6.07) is 7.19. The van der Waals surface area contributed by atoms with E-state index >= 15 is 0 Å². The standard InChI is InChI=1S/C12H13N3O3S.ClH/c1-8-7-9(2)15(12(16)14-8)19(17,18)11-5-3-10(13)4-6-11;/h3-7H,13H2,1-2H3;1H. The molecule has 2 N–H and O–H groups in total. The van der Waals surface area contributed by atoms with Crippen LogP contribution < -0.4 is 11.4 Å². The van der Waals surface area contributed by atoms with E-state index in [4.69, 9.17) is 5.73 Å². The number of benzene rings is 1. The zero-order chi connectivity index (χ0) is 14.2. The molecule has 1 aromatic heterocycles. The van der Waals surface area contributed by atoms with Gasteiger partial charge < -0.3 is 5.73 Å². The lowest BCUT2D eigenvalue weighted by atomic mass is 10.3. The van der Waals surface area contributed by atoms with Gasteiger partial charge in [-0.1, -0.05) is 0 Å². The van der Waals surface area contributed by atoms with Crippen LogP contribution in [0.5, 0.6) is 0 Å². The summed E-state index contributed by atoms with van der Waals surface area (Å²) in [4.78, 5) is 15.4. The van der Waals surface area contributed by atoms with Crippen LogP contribution in [-0.4, -0.2) is 17.4 Å². The van der Waals surface area contributed by atoms with Crippen LogP contribution in [0, 0.1) is 13.8 Å². The minimum Gasteiger partial charge on any atom is -0.399 e. The highest BCUT2D eigenvalue weighted by molar-refractivity contribution is 7.90. The van der Waals surface area contributed by atoms with E-state index < -0.39 is 15.7 Å². The summed E-state index contributed by atoms with van der Waals surface area (Å²) >= 11 is 0. The predicted octanol–water partition coefficient (Wildman–Crippen LogP) is 1.10. The van der Waals surface area contributed by atoms with E-state index in [0.29, 0.717) is 21.0 Å². The van der Waals surface area contributed by atoms with Gasteiger partial charge in [0.15, 0.2) is 0 Å². The van der Waals surface area contributed by atoms with E-state index in [1.165, 1.54) is 30.3 Å². The maximum Gasteiger partial charge on any atom is 0.362 e. The first kappa shape index (κ1) is 16.2. The number of halogens is 1. The van der Waals surface area contributed by atoms with E-state index in [-0.39, 0.29) is 17.3 Å². The van der Waals surface area contributed by atoms with Gasteiger partial charge in [0.05, 0.1) is 4.90 Å². The average Bonchev–Trinajstić information content (AvgIpc) is 2.27. The van der Waals surface area contributed by atoms with Crippen molar-refractivity contribution in [2.75, 3.05) is 5.73 Å². The second-order valence-electron chi connectivity index (χ2n) is 4.16. The second-order valence-corrected chi connectivity index (χ2v) is 5.95. The lowest BCUT2D eigenvalue weighted by Gasteiger charge is -2.10. The molecule has 1 heterocycles. The van der Waals surface area contributed by atoms with Crippen LogP contribution in [0.2, 0.25) is 0 Å². The predicted molar refractivity (Wildman–Crippen MR) is 78.7 cm³/mol. The molecule has 0 unspecified atom stereocenters. The van der Waals surface area contributed by atoms with Crippen molar-refractivity contribution < 1.29 is 8.42 Å². The van der Waals surface area contributed by atoms with Gasteiger partial charge in [0.1, 0.15) is 0 Å². The molecular formula is C12H14ClN3O3S. The van der Waals surface area contributed by atoms with Gasteiger partial charge in [-0.25, -0.2) is 13.2 Å². The highest BCUT2D eigenvalue weighted by atomic mass is 35.5. The molecule has 8 heteroatoms. The van der Waals surface area contributed by atoms with Crippen molar-refractivity contribution in [2.45, 2.75) is 18.7 Å². The van der Waals surface area contributed by atoms with Crippen LogP contribution in [0.1, 0.15) is 11.4 Å². The molecule has 0 saturated heterocycles. The largest absolute Gasteiger partial charge is 0.399 e. The molecule has 0 amide bonds. The molecule has 0 saturated carbocycles. The third-order valence-corrected chi connectivity index (χ3v) is 4.39. The summed E-state index contributed by atoms with van der Waals surface area (Å²) in [5.74, 6) is 0. The number of nitrogens with zero attached hydrogens (tertiary/aromatic N) is 2. The summed E-state index contributed by atoms with van der Waals surface area (Å²) < 4.78 is 25.4. The molecule has 0 aliphatic rings. The van der Waals surface area contributed by atoms with E-state index in [1.807, 2.05) is 0 Å². The van der Waals surface area contributed by atoms with Crippen molar-refractivity contribution in [1.29, 1.82) is 0 Å². The number of hydrogen-bond acceptors (Lipinski definition) is 5. The van der Waals surface area contributed by atoms with Crippen molar-refractivity contribution >= 4 is 28.1 Å². The highest BCUT2D eigenvalue weighted by Gasteiger charge is 2.21. The molecule has 1 aromatic carbocycles. The molecule has 6 nitrogen and oxygen atoms in total. The third-order valence-electron chi connectivity index (χ3n) is 2.60. The van der Waals surface area contributed by atoms with Gasteiger partial charge in [-0.15, -0.1) is 12.4 Å². The van der Waals surface area contributed by atoms with Crippen LogP contribution in [0.15, 0.2) is 40.0 Å². The minimum absolute atomic E-state index is 0. The van der Waals surface area contributed by atoms with E-state index in [9.17, 15) is 13.2 Å². The molecule has 20 heavy (non-hydrogen) atoms. The lowest BCUT2D eigenvalue weighted by Crippen LogP contribution is -2.31. The van der Waals surface area contributed by atoms with E-state index in [1.54, 1.807) is 13.8 Å². The molecule has 2 aromatic rings. The number of nitrogens with two attached hydrogens (primary N) is 1. The van der Waals surface area contributed by atoms with Gasteiger partial charge in [0.2, 0.25) is 0 Å². The van der Waals surface area contributed by atoms with E-state index in [0.717, 1.165) is 0 Å². The van der Waals surface area contributed by atoms with Crippen LogP contribution in [0.3, 0.4) is 0 Å². The Morgan fingerprint density at radius 3 is 2.20 bits per heavy atom. The maximum absolute atomic E-state index is 12.4. The topological polar surface area (TPSA) is 95.0 Å². The Hall–Kier alpha value is -1.86. The van der Waals surface area contributed by atoms with Gasteiger partial charge in [0, 0.05) is 17.1 Å². The van der Waals surface area contributed by atoms with Crippen molar-refractivity contribution in [3.05, 3.63) is 52.2 Å². The highest BCUT2D eigenvalue weighted by Crippen LogP contribution is 2.15. The SMILES string of the molecule is Cc1cc(C)n(S(=O)(=O)c2ccc(N)cc2)c(=O)n1.Cl. The molecule has 0 aliphatic carbocycles. The number of nitrogen functional groups attached to an aromatic ring is 1. The number of rotatable bonds is 2. The molecular weight excluding hydrogens is 302 g/mol. The quantitative estimate of drug-likeness (QED) is 0.837. The van der Waals surface area contributed by atoms with Crippen LogP contribution in [-0.2, 0) is 10.0 Å². The van der Waals surface area contributed by atoms with Gasteiger partial charge in [0.25, 0.3) is 10.0 Å². The second kappa shape index (κ2) is 5.64. The Balaban J connectivity index is 0.00000200. The molecule has 0 spiro atoms. The smallest absolute Gasteiger partial charge is 0.362 e. The number of hydrogen-bond donors (Lipinski definition) is 1. The Labute approximate surface area is 122 Å². The summed E-state index contributed by atoms with van der Waals surface area (Å²) in [5, 5.41) is 0. The minimum atomic E-state index is -3.95. The van der Waals surface area contributed by atoms with Crippen LogP contribution in [0.25, 0.3) is 0 Å². The van der Waals surface area contributed by atoms with Crippen molar-refractivity contribution in [3.8, 4) is 0 Å². The molecule has 0 aliphatic heterocycles. The fraction of sp³-hybridized carbons (Fsp3) is 0.167. The Morgan fingerprint density at radius 1 is 1.15 bits per heavy atom. The Morgan fingerprint density at radius 2 is 1.70 bits per heavy atom. The first-order valence-electron chi connectivity index (χ1n) is 5.51. The van der Waals surface area contributed by atoms with Gasteiger partial charge in [-0.2, -0.15) is 8.96 Å². The Kier molecular flexibility index (Phi) is 4.57. The van der Waals surface area contributed by atoms with Crippen molar-refractivity contribution in [2.24, 2.45) is 0 Å². The summed E-state index contributed by atoms with van der Waals surface area (Å²) in [6.07, 6.45) is 0. The fourth-order valence-electron chi connectivity index (χ4n) is 1.78. The first-order chi connectivity index (χ1) is 8.82. The zero-order valence-corrected chi connectivity index (χ0v) is 12.5. The summed E-state index contributed by atoms with van der Waals surface area (Å²) in [5.41, 5.74) is 5.94. The summed E-state index contributed by atoms with van der Waals surface area (Å²) in [6.45, 7) is 3.18. The molecule has 0 atom stereocenters. The third kappa shape index (κ3) is 2.83. The molecule has 108 valence electrons. The van der Waals surface area contributed by atoms with Crippen molar-refractivity contribution in [1.82, 2.24) is 8.96 Å². The monoisotopic (exact) mass is 315 g/mol. The fourth-order valence-corrected chi connectivity index (χ4v) is 3.15. The number of anilines is 1. The molecule has 2 rings (SSSR count). The molecule has 0 fully saturated rings. The maximum atomic E-state index is 12.4. The summed E-state index contributed by atoms with van der Waals surface area (Å²) in [7, 11) is -3.95. The number of aryl methyl sites for hydroxylation is 2. The van der Waals surface area contributed by atoms with Crippen molar-refractivity contribution in [3.63, 3.8) is 0 Å². The molecule has 0 bridgehead atoms. The molecule has 0 radical (unpaired) electrons. The Bertz CT molecular complexity index is 783. The van der Waals surface area contributed by atoms with Crippen LogP contribution >= 0.6 is 12.4 Å². The van der Waals surface area contributed by atoms with Gasteiger partial charge in [-0.05, 0) is 44.2 Å². The normalized spacial score (nSPS) is 10.9. The number of aromatic nitrogens is 2. The lowest BCUT2D eigenvalue weighted by molar-refractivity contribution is 0.582. The zero-order valence-electron chi connectivity index (χ0n) is 10.9. The van der Waals surface area contributed by atoms with E-state index in [2.05, 4.69) is 4.98 Å². The van der Waals surface area contributed by atoms with Gasteiger partial charge in [-0.3, -0.25) is 0 Å². The van der Waals surface area contributed by atoms with Gasteiger partial charge >= 0.3 is 5.69 Å². The first-order valence-corrected chi connectivity index (χ1v) is 6.95. The van der Waals surface area contributed by atoms with Crippen LogP contribution in [0.4, 0.5) is 5.69 Å². The average molecular weight is 316 g/mol.